The summed E-state index contributed by atoms with van der Waals surface area (Å²) >= 11 is 0. The minimum absolute atomic E-state index is 0.249. The summed E-state index contributed by atoms with van der Waals surface area (Å²) < 4.78 is 30.0. The van der Waals surface area contributed by atoms with Gasteiger partial charge in [-0.25, -0.2) is 18.1 Å². The molecule has 6 heteroatoms. The van der Waals surface area contributed by atoms with Crippen molar-refractivity contribution in [2.45, 2.75) is 32.2 Å². The zero-order valence-corrected chi connectivity index (χ0v) is 15.3. The Bertz CT molecular complexity index is 953. The molecule has 0 aliphatic carbocycles. The lowest BCUT2D eigenvalue weighted by atomic mass is 10.1. The minimum Gasteiger partial charge on any atom is -0.306 e. The number of sulfonamides is 1. The molecule has 130 valence electrons. The number of aryl methyl sites for hydroxylation is 3. The Kier molecular flexibility index (Phi) is 4.74. The summed E-state index contributed by atoms with van der Waals surface area (Å²) in [6.45, 7) is 5.87. The van der Waals surface area contributed by atoms with Gasteiger partial charge in [0.05, 0.1) is 11.2 Å². The first-order valence-corrected chi connectivity index (χ1v) is 9.50. The summed E-state index contributed by atoms with van der Waals surface area (Å²) in [7, 11) is -3.56. The van der Waals surface area contributed by atoms with E-state index < -0.39 is 10.0 Å². The first kappa shape index (κ1) is 17.4. The number of nitrogens with zero attached hydrogens (tertiary/aromatic N) is 2. The second-order valence-corrected chi connectivity index (χ2v) is 7.89. The summed E-state index contributed by atoms with van der Waals surface area (Å²) in [5.74, 6) is 0. The third-order valence-corrected chi connectivity index (χ3v) is 5.78. The molecular weight excluding hydrogens is 334 g/mol. The fourth-order valence-corrected chi connectivity index (χ4v) is 4.51. The van der Waals surface area contributed by atoms with E-state index in [1.807, 2.05) is 67.9 Å². The Morgan fingerprint density at radius 1 is 1.04 bits per heavy atom. The highest BCUT2D eigenvalue weighted by Crippen LogP contribution is 2.22. The number of hydrogen-bond donors (Lipinski definition) is 1. The van der Waals surface area contributed by atoms with Crippen LogP contribution in [0.3, 0.4) is 0 Å². The first-order chi connectivity index (χ1) is 11.9. The standard InChI is InChI=1S/C19H21N3O2S/c1-14-10-15(2)19(16(3)11-14)25(23,24)21-12-17-4-6-18(7-5-17)22-9-8-20-13-22/h4-11,13,21H,12H2,1-3H3. The molecule has 0 bridgehead atoms. The van der Waals surface area contributed by atoms with Gasteiger partial charge in [-0.15, -0.1) is 0 Å². The molecule has 3 aromatic rings. The van der Waals surface area contributed by atoms with Crippen LogP contribution in [0.5, 0.6) is 0 Å². The molecule has 25 heavy (non-hydrogen) atoms. The first-order valence-electron chi connectivity index (χ1n) is 8.01. The molecule has 1 aromatic heterocycles. The third-order valence-electron chi connectivity index (χ3n) is 4.08. The Morgan fingerprint density at radius 2 is 1.68 bits per heavy atom. The lowest BCUT2D eigenvalue weighted by Gasteiger charge is -2.13. The highest BCUT2D eigenvalue weighted by molar-refractivity contribution is 7.89. The van der Waals surface area contributed by atoms with Crippen molar-refractivity contribution < 1.29 is 8.42 Å². The van der Waals surface area contributed by atoms with E-state index in [0.29, 0.717) is 4.90 Å². The van der Waals surface area contributed by atoms with Gasteiger partial charge in [-0.2, -0.15) is 0 Å². The molecule has 0 aliphatic rings. The van der Waals surface area contributed by atoms with Crippen molar-refractivity contribution in [1.82, 2.24) is 14.3 Å². The Morgan fingerprint density at radius 3 is 2.24 bits per heavy atom. The molecular formula is C19H21N3O2S. The molecule has 3 rings (SSSR count). The van der Waals surface area contributed by atoms with Crippen LogP contribution in [-0.4, -0.2) is 18.0 Å². The van der Waals surface area contributed by atoms with Gasteiger partial charge in [0.1, 0.15) is 0 Å². The van der Waals surface area contributed by atoms with Gasteiger partial charge in [0.15, 0.2) is 0 Å². The Labute approximate surface area is 148 Å². The van der Waals surface area contributed by atoms with Crippen LogP contribution >= 0.6 is 0 Å². The van der Waals surface area contributed by atoms with Crippen molar-refractivity contribution in [2.24, 2.45) is 0 Å². The normalized spacial score (nSPS) is 11.6. The SMILES string of the molecule is Cc1cc(C)c(S(=O)(=O)NCc2ccc(-n3ccnc3)cc2)c(C)c1. The van der Waals surface area contributed by atoms with Crippen molar-refractivity contribution in [3.8, 4) is 5.69 Å². The maximum absolute atomic E-state index is 12.7. The third kappa shape index (κ3) is 3.81. The Hall–Kier alpha value is -2.44. The number of imidazole rings is 1. The van der Waals surface area contributed by atoms with Gasteiger partial charge in [-0.1, -0.05) is 29.8 Å². The number of benzene rings is 2. The predicted molar refractivity (Wildman–Crippen MR) is 98.2 cm³/mol. The van der Waals surface area contributed by atoms with Crippen molar-refractivity contribution in [1.29, 1.82) is 0 Å². The van der Waals surface area contributed by atoms with E-state index in [4.69, 9.17) is 0 Å². The van der Waals surface area contributed by atoms with Gasteiger partial charge in [0.25, 0.3) is 0 Å². The molecule has 0 spiro atoms. The average molecular weight is 355 g/mol. The van der Waals surface area contributed by atoms with E-state index in [1.54, 1.807) is 12.5 Å². The molecule has 1 heterocycles. The van der Waals surface area contributed by atoms with Crippen molar-refractivity contribution in [3.05, 3.63) is 77.4 Å². The lowest BCUT2D eigenvalue weighted by Crippen LogP contribution is -2.25. The van der Waals surface area contributed by atoms with E-state index in [1.165, 1.54) is 0 Å². The van der Waals surface area contributed by atoms with Gasteiger partial charge >= 0.3 is 0 Å². The minimum atomic E-state index is -3.56. The zero-order valence-electron chi connectivity index (χ0n) is 14.5. The monoisotopic (exact) mass is 355 g/mol. The number of nitrogens with one attached hydrogen (secondary N) is 1. The number of aromatic nitrogens is 2. The molecule has 0 fully saturated rings. The molecule has 1 N–H and O–H groups in total. The number of hydrogen-bond acceptors (Lipinski definition) is 3. The van der Waals surface area contributed by atoms with Gasteiger partial charge in [-0.05, 0) is 49.6 Å². The summed E-state index contributed by atoms with van der Waals surface area (Å²) in [6.07, 6.45) is 5.30. The summed E-state index contributed by atoms with van der Waals surface area (Å²) in [5.41, 5.74) is 4.47. The second-order valence-electron chi connectivity index (χ2n) is 6.19. The Balaban J connectivity index is 1.77. The van der Waals surface area contributed by atoms with E-state index in [2.05, 4.69) is 9.71 Å². The lowest BCUT2D eigenvalue weighted by molar-refractivity contribution is 0.580. The van der Waals surface area contributed by atoms with Crippen LogP contribution < -0.4 is 4.72 Å². The summed E-state index contributed by atoms with van der Waals surface area (Å²) in [5, 5.41) is 0. The van der Waals surface area contributed by atoms with Crippen LogP contribution in [0, 0.1) is 20.8 Å². The highest BCUT2D eigenvalue weighted by Gasteiger charge is 2.19. The van der Waals surface area contributed by atoms with Crippen molar-refractivity contribution in [3.63, 3.8) is 0 Å². The smallest absolute Gasteiger partial charge is 0.241 e. The van der Waals surface area contributed by atoms with Crippen LogP contribution in [0.1, 0.15) is 22.3 Å². The maximum atomic E-state index is 12.7. The quantitative estimate of drug-likeness (QED) is 0.764. The molecule has 0 amide bonds. The molecule has 0 atom stereocenters. The largest absolute Gasteiger partial charge is 0.306 e. The molecule has 2 aromatic carbocycles. The highest BCUT2D eigenvalue weighted by atomic mass is 32.2. The molecule has 0 radical (unpaired) electrons. The van der Waals surface area contributed by atoms with Crippen LogP contribution in [0.15, 0.2) is 60.0 Å². The van der Waals surface area contributed by atoms with Crippen LogP contribution in [0.2, 0.25) is 0 Å². The summed E-state index contributed by atoms with van der Waals surface area (Å²) in [4.78, 5) is 4.39. The summed E-state index contributed by atoms with van der Waals surface area (Å²) in [6, 6.07) is 11.5. The molecule has 0 aliphatic heterocycles. The maximum Gasteiger partial charge on any atom is 0.241 e. The van der Waals surface area contributed by atoms with E-state index in [-0.39, 0.29) is 6.54 Å². The fourth-order valence-electron chi connectivity index (χ4n) is 3.04. The molecule has 0 saturated heterocycles. The van der Waals surface area contributed by atoms with E-state index >= 15 is 0 Å². The van der Waals surface area contributed by atoms with Crippen molar-refractivity contribution in [2.75, 3.05) is 0 Å². The van der Waals surface area contributed by atoms with Crippen LogP contribution in [-0.2, 0) is 16.6 Å². The predicted octanol–water partition coefficient (Wildman–Crippen LogP) is 3.28. The molecule has 0 saturated carbocycles. The van der Waals surface area contributed by atoms with Gasteiger partial charge < -0.3 is 4.57 Å². The van der Waals surface area contributed by atoms with Crippen molar-refractivity contribution >= 4 is 10.0 Å². The van der Waals surface area contributed by atoms with Gasteiger partial charge in [-0.3, -0.25) is 0 Å². The molecule has 5 nitrogen and oxygen atoms in total. The molecule has 0 unspecified atom stereocenters. The van der Waals surface area contributed by atoms with Crippen LogP contribution in [0.4, 0.5) is 0 Å². The van der Waals surface area contributed by atoms with Crippen LogP contribution in [0.25, 0.3) is 5.69 Å². The van der Waals surface area contributed by atoms with Gasteiger partial charge in [0, 0.05) is 24.6 Å². The topological polar surface area (TPSA) is 64.0 Å². The zero-order chi connectivity index (χ0) is 18.0. The second kappa shape index (κ2) is 6.82. The van der Waals surface area contributed by atoms with Gasteiger partial charge in [0.2, 0.25) is 10.0 Å². The average Bonchev–Trinajstić information content (AvgIpc) is 3.06. The van der Waals surface area contributed by atoms with E-state index in [0.717, 1.165) is 27.9 Å². The van der Waals surface area contributed by atoms with E-state index in [9.17, 15) is 8.42 Å². The fraction of sp³-hybridized carbons (Fsp3) is 0.211. The number of rotatable bonds is 5.